The van der Waals surface area contributed by atoms with Crippen molar-refractivity contribution in [2.75, 3.05) is 7.11 Å². The molecule has 1 fully saturated rings. The molecule has 1 saturated carbocycles. The van der Waals surface area contributed by atoms with E-state index in [-0.39, 0.29) is 0 Å². The van der Waals surface area contributed by atoms with E-state index in [0.717, 1.165) is 47.8 Å². The molecule has 1 aliphatic heterocycles. The summed E-state index contributed by atoms with van der Waals surface area (Å²) >= 11 is 4.08. The number of methoxy groups -OCH3 is 1. The van der Waals surface area contributed by atoms with Crippen LogP contribution in [0.5, 0.6) is 11.5 Å². The van der Waals surface area contributed by atoms with E-state index >= 15 is 0 Å². The highest BCUT2D eigenvalue weighted by Gasteiger charge is 2.25. The zero-order valence-electron chi connectivity index (χ0n) is 21.2. The molecule has 1 N–H and O–H groups in total. The zero-order chi connectivity index (χ0) is 24.8. The number of nitrogens with one attached hydrogen (secondary N) is 1. The summed E-state index contributed by atoms with van der Waals surface area (Å²) in [5.41, 5.74) is 3.50. The molecule has 1 aliphatic carbocycles. The van der Waals surface area contributed by atoms with Crippen molar-refractivity contribution in [1.82, 2.24) is 5.32 Å². The summed E-state index contributed by atoms with van der Waals surface area (Å²) in [6.07, 6.45) is 13.7. The summed E-state index contributed by atoms with van der Waals surface area (Å²) in [4.78, 5) is 1.02. The number of hydrogen-bond acceptors (Lipinski definition) is 4. The molecule has 0 radical (unpaired) electrons. The third-order valence-corrected chi connectivity index (χ3v) is 6.13. The Morgan fingerprint density at radius 2 is 1.74 bits per heavy atom. The fraction of sp³-hybridized carbons (Fsp3) is 0.400. The molecule has 2 aliphatic rings. The maximum Gasteiger partial charge on any atom is 0.162 e. The molecular weight excluding hydrogens is 438 g/mol. The van der Waals surface area contributed by atoms with E-state index < -0.39 is 0 Å². The predicted octanol–water partition coefficient (Wildman–Crippen LogP) is 8.45. The Balaban J connectivity index is 0.000000384. The van der Waals surface area contributed by atoms with Crippen molar-refractivity contribution in [3.8, 4) is 11.5 Å². The maximum atomic E-state index is 6.25. The number of hydrogen-bond donors (Lipinski definition) is 2. The quantitative estimate of drug-likeness (QED) is 0.308. The van der Waals surface area contributed by atoms with E-state index in [9.17, 15) is 0 Å². The summed E-state index contributed by atoms with van der Waals surface area (Å²) in [7, 11) is 1.70. The molecule has 0 spiro atoms. The number of allylic oxidation sites excluding steroid dienone is 3. The average molecular weight is 480 g/mol. The number of benzene rings is 2. The van der Waals surface area contributed by atoms with Crippen LogP contribution in [0.25, 0.3) is 5.57 Å². The van der Waals surface area contributed by atoms with Gasteiger partial charge in [-0.1, -0.05) is 63.8 Å². The molecule has 0 bridgehead atoms. The van der Waals surface area contributed by atoms with Gasteiger partial charge in [0.15, 0.2) is 11.5 Å². The highest BCUT2D eigenvalue weighted by Crippen LogP contribution is 2.39. The van der Waals surface area contributed by atoms with Gasteiger partial charge >= 0.3 is 0 Å². The van der Waals surface area contributed by atoms with Crippen LogP contribution < -0.4 is 14.8 Å². The van der Waals surface area contributed by atoms with E-state index in [0.29, 0.717) is 12.0 Å². The summed E-state index contributed by atoms with van der Waals surface area (Å²) in [5.74, 6) is 1.96. The smallest absolute Gasteiger partial charge is 0.162 e. The van der Waals surface area contributed by atoms with Crippen molar-refractivity contribution in [2.24, 2.45) is 5.92 Å². The van der Waals surface area contributed by atoms with E-state index in [4.69, 9.17) is 9.47 Å². The fourth-order valence-electron chi connectivity index (χ4n) is 4.07. The summed E-state index contributed by atoms with van der Waals surface area (Å²) < 4.78 is 11.8. The maximum absolute atomic E-state index is 6.25. The number of thiol groups is 1. The minimum absolute atomic E-state index is 0.301. The highest BCUT2D eigenvalue weighted by molar-refractivity contribution is 7.80. The van der Waals surface area contributed by atoms with Crippen LogP contribution in [0, 0.1) is 5.92 Å². The Hall–Kier alpha value is -2.59. The standard InChI is InChI=1S/C22H29NO2.C6H6S.C2H6/c1-4-5-6-11-19-16(2)23-15-20(19)17-12-13-21(24-3)22(14-17)25-18-9-7-8-10-18;7-6-4-2-1-3-5-6;1-2/h5-6,12-15,18-19,23H,2,4,7-11H2,1,3H3;1-5,7H;1-2H3/b6-5-;;. The lowest BCUT2D eigenvalue weighted by Gasteiger charge is -2.19. The first kappa shape index (κ1) is 27.7. The third kappa shape index (κ3) is 8.32. The minimum atomic E-state index is 0.301. The van der Waals surface area contributed by atoms with Gasteiger partial charge in [0.1, 0.15) is 0 Å². The van der Waals surface area contributed by atoms with Crippen molar-refractivity contribution >= 4 is 18.2 Å². The lowest BCUT2D eigenvalue weighted by atomic mass is 9.90. The second-order valence-electron chi connectivity index (χ2n) is 8.16. The van der Waals surface area contributed by atoms with Gasteiger partial charge in [0.05, 0.1) is 13.2 Å². The molecule has 4 heteroatoms. The Kier molecular flexibility index (Phi) is 12.5. The van der Waals surface area contributed by atoms with Crippen molar-refractivity contribution in [1.29, 1.82) is 0 Å². The molecule has 2 aromatic rings. The van der Waals surface area contributed by atoms with Gasteiger partial charge in [0.25, 0.3) is 0 Å². The summed E-state index contributed by atoms with van der Waals surface area (Å²) in [6, 6.07) is 16.0. The Labute approximate surface area is 212 Å². The second-order valence-corrected chi connectivity index (χ2v) is 8.68. The summed E-state index contributed by atoms with van der Waals surface area (Å²) in [6.45, 7) is 10.3. The van der Waals surface area contributed by atoms with Crippen LogP contribution in [-0.4, -0.2) is 13.2 Å². The van der Waals surface area contributed by atoms with E-state index in [2.05, 4.69) is 61.9 Å². The third-order valence-electron chi connectivity index (χ3n) is 5.83. The molecule has 0 aromatic heterocycles. The Bertz CT molecular complexity index is 930. The van der Waals surface area contributed by atoms with E-state index in [1.807, 2.05) is 50.2 Å². The molecular formula is C30H41NO2S. The molecule has 1 unspecified atom stereocenters. The van der Waals surface area contributed by atoms with Crippen LogP contribution in [0.3, 0.4) is 0 Å². The molecule has 2 aromatic carbocycles. The monoisotopic (exact) mass is 479 g/mol. The fourth-order valence-corrected chi connectivity index (χ4v) is 4.25. The normalized spacial score (nSPS) is 17.3. The van der Waals surface area contributed by atoms with Gasteiger partial charge in [0, 0.05) is 22.7 Å². The molecule has 4 rings (SSSR count). The summed E-state index contributed by atoms with van der Waals surface area (Å²) in [5, 5.41) is 3.30. The lowest BCUT2D eigenvalue weighted by molar-refractivity contribution is 0.200. The van der Waals surface area contributed by atoms with Gasteiger partial charge < -0.3 is 14.8 Å². The molecule has 34 heavy (non-hydrogen) atoms. The SMILES string of the molecule is C=C1NC=C(c2ccc(OC)c(OC3CCCC3)c2)C1C/C=C\CC.CC.Sc1ccccc1. The van der Waals surface area contributed by atoms with Gasteiger partial charge in [-0.25, -0.2) is 0 Å². The van der Waals surface area contributed by atoms with Crippen LogP contribution >= 0.6 is 12.6 Å². The minimum Gasteiger partial charge on any atom is -0.493 e. The first-order valence-electron chi connectivity index (χ1n) is 12.5. The van der Waals surface area contributed by atoms with Gasteiger partial charge in [-0.15, -0.1) is 12.6 Å². The largest absolute Gasteiger partial charge is 0.493 e. The second kappa shape index (κ2) is 15.3. The lowest BCUT2D eigenvalue weighted by Crippen LogP contribution is -2.12. The average Bonchev–Trinajstić information content (AvgIpc) is 3.51. The molecule has 0 saturated heterocycles. The van der Waals surface area contributed by atoms with Crippen molar-refractivity contribution < 1.29 is 9.47 Å². The van der Waals surface area contributed by atoms with Crippen LogP contribution in [0.15, 0.2) is 84.1 Å². The van der Waals surface area contributed by atoms with Crippen LogP contribution in [0.2, 0.25) is 0 Å². The molecule has 0 amide bonds. The van der Waals surface area contributed by atoms with Crippen molar-refractivity contribution in [2.45, 2.75) is 70.3 Å². The highest BCUT2D eigenvalue weighted by atomic mass is 32.1. The van der Waals surface area contributed by atoms with Gasteiger partial charge in [-0.3, -0.25) is 0 Å². The van der Waals surface area contributed by atoms with Gasteiger partial charge in [0.2, 0.25) is 0 Å². The van der Waals surface area contributed by atoms with Gasteiger partial charge in [-0.2, -0.15) is 0 Å². The van der Waals surface area contributed by atoms with Crippen molar-refractivity contribution in [3.05, 3.63) is 84.7 Å². The van der Waals surface area contributed by atoms with E-state index in [1.54, 1.807) is 7.11 Å². The number of ether oxygens (including phenoxy) is 2. The Morgan fingerprint density at radius 3 is 2.32 bits per heavy atom. The molecule has 184 valence electrons. The van der Waals surface area contributed by atoms with E-state index in [1.165, 1.54) is 24.0 Å². The molecule has 1 atom stereocenters. The van der Waals surface area contributed by atoms with Gasteiger partial charge in [-0.05, 0) is 73.9 Å². The number of rotatable bonds is 7. The predicted molar refractivity (Wildman–Crippen MR) is 149 cm³/mol. The van der Waals surface area contributed by atoms with Crippen molar-refractivity contribution in [3.63, 3.8) is 0 Å². The molecule has 3 nitrogen and oxygen atoms in total. The first-order valence-corrected chi connectivity index (χ1v) is 13.0. The first-order chi connectivity index (χ1) is 16.6. The zero-order valence-corrected chi connectivity index (χ0v) is 22.1. The van der Waals surface area contributed by atoms with Crippen LogP contribution in [0.1, 0.15) is 64.9 Å². The molecule has 1 heterocycles. The van der Waals surface area contributed by atoms with Crippen LogP contribution in [-0.2, 0) is 0 Å². The Morgan fingerprint density at radius 1 is 1.03 bits per heavy atom. The van der Waals surface area contributed by atoms with Crippen LogP contribution in [0.4, 0.5) is 0 Å². The topological polar surface area (TPSA) is 30.5 Å².